The first-order valence-corrected chi connectivity index (χ1v) is 11.6. The maximum Gasteiger partial charge on any atom is 0.256 e. The summed E-state index contributed by atoms with van der Waals surface area (Å²) in [5.74, 6) is 0.106. The predicted molar refractivity (Wildman–Crippen MR) is 134 cm³/mol. The molecule has 0 aliphatic carbocycles. The van der Waals surface area contributed by atoms with Crippen LogP contribution in [0.2, 0.25) is 0 Å². The molecule has 4 aromatic rings. The van der Waals surface area contributed by atoms with Gasteiger partial charge >= 0.3 is 0 Å². The molecule has 1 unspecified atom stereocenters. The first kappa shape index (κ1) is 21.2. The fraction of sp³-hybridized carbons (Fsp3) is 0.207. The van der Waals surface area contributed by atoms with E-state index in [1.165, 1.54) is 5.56 Å². The lowest BCUT2D eigenvalue weighted by Gasteiger charge is -2.36. The molecular formula is C29H29N3O. The molecule has 1 amide bonds. The van der Waals surface area contributed by atoms with Crippen LogP contribution >= 0.6 is 0 Å². The van der Waals surface area contributed by atoms with Crippen LogP contribution in [0.1, 0.15) is 21.6 Å². The van der Waals surface area contributed by atoms with Crippen molar-refractivity contribution < 1.29 is 4.79 Å². The van der Waals surface area contributed by atoms with Gasteiger partial charge in [0.1, 0.15) is 0 Å². The van der Waals surface area contributed by atoms with E-state index in [2.05, 4.69) is 76.3 Å². The Labute approximate surface area is 195 Å². The van der Waals surface area contributed by atoms with Gasteiger partial charge < -0.3 is 14.8 Å². The average Bonchev–Trinajstić information content (AvgIpc) is 3.22. The first-order chi connectivity index (χ1) is 16.2. The maximum atomic E-state index is 14.1. The molecule has 166 valence electrons. The van der Waals surface area contributed by atoms with Crippen molar-refractivity contribution in [2.45, 2.75) is 19.4 Å². The quantitative estimate of drug-likeness (QED) is 0.473. The molecule has 4 nitrogen and oxygen atoms in total. The van der Waals surface area contributed by atoms with Crippen molar-refractivity contribution in [3.8, 4) is 16.9 Å². The largest absolute Gasteiger partial charge is 0.333 e. The second kappa shape index (κ2) is 9.47. The van der Waals surface area contributed by atoms with Gasteiger partial charge in [0.2, 0.25) is 0 Å². The summed E-state index contributed by atoms with van der Waals surface area (Å²) in [5.41, 5.74) is 6.15. The Balaban J connectivity index is 1.57. The van der Waals surface area contributed by atoms with Crippen LogP contribution in [0.3, 0.4) is 0 Å². The monoisotopic (exact) mass is 435 g/mol. The molecule has 1 N–H and O–H groups in total. The lowest BCUT2D eigenvalue weighted by Crippen LogP contribution is -2.54. The van der Waals surface area contributed by atoms with Crippen LogP contribution in [0.25, 0.3) is 16.9 Å². The standard InChI is InChI=1S/C29H29N3O/c1-22-19-27(28(24-13-7-3-8-14-24)32(22)25-15-9-4-10-16-25)29(33)31-18-17-30-21-26(31)20-23-11-5-2-6-12-23/h2-16,19,26,30H,17-18,20-21H2,1H3. The second-order valence-corrected chi connectivity index (χ2v) is 8.63. The first-order valence-electron chi connectivity index (χ1n) is 11.6. The zero-order valence-electron chi connectivity index (χ0n) is 18.9. The van der Waals surface area contributed by atoms with E-state index in [-0.39, 0.29) is 11.9 Å². The summed E-state index contributed by atoms with van der Waals surface area (Å²) in [6.45, 7) is 4.41. The highest BCUT2D eigenvalue weighted by molar-refractivity contribution is 6.01. The SMILES string of the molecule is Cc1cc(C(=O)N2CCNCC2Cc2ccccc2)c(-c2ccccc2)n1-c1ccccc1. The van der Waals surface area contributed by atoms with Crippen LogP contribution in [0, 0.1) is 6.92 Å². The fourth-order valence-corrected chi connectivity index (χ4v) is 4.84. The van der Waals surface area contributed by atoms with Crippen molar-refractivity contribution in [2.75, 3.05) is 19.6 Å². The Morgan fingerprint density at radius 3 is 2.24 bits per heavy atom. The number of hydrogen-bond donors (Lipinski definition) is 1. The highest BCUT2D eigenvalue weighted by Gasteiger charge is 2.31. The summed E-state index contributed by atoms with van der Waals surface area (Å²) in [6.07, 6.45) is 0.846. The number of nitrogens with one attached hydrogen (secondary N) is 1. The molecule has 1 fully saturated rings. The van der Waals surface area contributed by atoms with Crippen molar-refractivity contribution in [3.63, 3.8) is 0 Å². The highest BCUT2D eigenvalue weighted by Crippen LogP contribution is 2.32. The van der Waals surface area contributed by atoms with Crippen LogP contribution in [0.4, 0.5) is 0 Å². The van der Waals surface area contributed by atoms with Crippen LogP contribution in [0.15, 0.2) is 97.1 Å². The molecule has 5 rings (SSSR count). The minimum atomic E-state index is 0.106. The Morgan fingerprint density at radius 2 is 1.55 bits per heavy atom. The molecule has 4 heteroatoms. The van der Waals surface area contributed by atoms with Crippen molar-refractivity contribution in [1.82, 2.24) is 14.8 Å². The molecule has 33 heavy (non-hydrogen) atoms. The third-order valence-corrected chi connectivity index (χ3v) is 6.40. The Morgan fingerprint density at radius 1 is 0.909 bits per heavy atom. The van der Waals surface area contributed by atoms with Gasteiger partial charge in [-0.15, -0.1) is 0 Å². The molecule has 3 aromatic carbocycles. The summed E-state index contributed by atoms with van der Waals surface area (Å²) in [7, 11) is 0. The molecule has 1 aliphatic rings. The number of hydrogen-bond acceptors (Lipinski definition) is 2. The van der Waals surface area contributed by atoms with Crippen LogP contribution in [0.5, 0.6) is 0 Å². The summed E-state index contributed by atoms with van der Waals surface area (Å²) in [5, 5.41) is 3.48. The molecule has 0 saturated carbocycles. The molecule has 1 aliphatic heterocycles. The summed E-state index contributed by atoms with van der Waals surface area (Å²) < 4.78 is 2.21. The lowest BCUT2D eigenvalue weighted by atomic mass is 10.0. The molecule has 1 aromatic heterocycles. The van der Waals surface area contributed by atoms with Gasteiger partial charge in [-0.2, -0.15) is 0 Å². The van der Waals surface area contributed by atoms with Crippen molar-refractivity contribution in [2.24, 2.45) is 0 Å². The third-order valence-electron chi connectivity index (χ3n) is 6.40. The van der Waals surface area contributed by atoms with E-state index in [4.69, 9.17) is 0 Å². The van der Waals surface area contributed by atoms with Gasteiger partial charge in [-0.1, -0.05) is 78.9 Å². The summed E-state index contributed by atoms with van der Waals surface area (Å²) >= 11 is 0. The van der Waals surface area contributed by atoms with E-state index in [0.29, 0.717) is 6.54 Å². The van der Waals surface area contributed by atoms with Crippen LogP contribution in [-0.2, 0) is 6.42 Å². The normalized spacial score (nSPS) is 16.0. The zero-order chi connectivity index (χ0) is 22.6. The molecule has 1 saturated heterocycles. The maximum absolute atomic E-state index is 14.1. The number of para-hydroxylation sites is 1. The minimum Gasteiger partial charge on any atom is -0.333 e. The van der Waals surface area contributed by atoms with Gasteiger partial charge in [0.25, 0.3) is 5.91 Å². The molecular weight excluding hydrogens is 406 g/mol. The predicted octanol–water partition coefficient (Wildman–Crippen LogP) is 5.11. The van der Waals surface area contributed by atoms with Gasteiger partial charge in [0, 0.05) is 37.1 Å². The van der Waals surface area contributed by atoms with E-state index >= 15 is 0 Å². The summed E-state index contributed by atoms with van der Waals surface area (Å²) in [6, 6.07) is 33.2. The third kappa shape index (κ3) is 4.35. The number of benzene rings is 3. The molecule has 0 radical (unpaired) electrons. The van der Waals surface area contributed by atoms with Crippen molar-refractivity contribution in [1.29, 1.82) is 0 Å². The van der Waals surface area contributed by atoms with E-state index < -0.39 is 0 Å². The number of piperazine rings is 1. The number of rotatable bonds is 5. The molecule has 0 spiro atoms. The van der Waals surface area contributed by atoms with E-state index in [1.54, 1.807) is 0 Å². The van der Waals surface area contributed by atoms with Gasteiger partial charge in [0.15, 0.2) is 0 Å². The Bertz CT molecular complexity index is 1220. The van der Waals surface area contributed by atoms with Crippen molar-refractivity contribution in [3.05, 3.63) is 114 Å². The second-order valence-electron chi connectivity index (χ2n) is 8.63. The lowest BCUT2D eigenvalue weighted by molar-refractivity contribution is 0.0637. The number of carbonyl (C=O) groups is 1. The molecule has 1 atom stereocenters. The minimum absolute atomic E-state index is 0.106. The molecule has 2 heterocycles. The van der Waals surface area contributed by atoms with Crippen LogP contribution in [-0.4, -0.2) is 41.1 Å². The number of amides is 1. The van der Waals surface area contributed by atoms with Gasteiger partial charge in [-0.05, 0) is 42.7 Å². The highest BCUT2D eigenvalue weighted by atomic mass is 16.2. The number of aryl methyl sites for hydroxylation is 1. The van der Waals surface area contributed by atoms with E-state index in [0.717, 1.165) is 47.7 Å². The van der Waals surface area contributed by atoms with Crippen molar-refractivity contribution >= 4 is 5.91 Å². The van der Waals surface area contributed by atoms with E-state index in [9.17, 15) is 4.79 Å². The number of aromatic nitrogens is 1. The zero-order valence-corrected chi connectivity index (χ0v) is 18.9. The Kier molecular flexibility index (Phi) is 6.09. The average molecular weight is 436 g/mol. The van der Waals surface area contributed by atoms with Gasteiger partial charge in [-0.3, -0.25) is 4.79 Å². The summed E-state index contributed by atoms with van der Waals surface area (Å²) in [4.78, 5) is 16.1. The topological polar surface area (TPSA) is 37.3 Å². The van der Waals surface area contributed by atoms with Gasteiger partial charge in [-0.25, -0.2) is 0 Å². The van der Waals surface area contributed by atoms with Crippen LogP contribution < -0.4 is 5.32 Å². The van der Waals surface area contributed by atoms with E-state index in [1.807, 2.05) is 42.5 Å². The molecule has 0 bridgehead atoms. The number of nitrogens with zero attached hydrogens (tertiary/aromatic N) is 2. The van der Waals surface area contributed by atoms with Gasteiger partial charge in [0.05, 0.1) is 11.3 Å². The number of carbonyl (C=O) groups excluding carboxylic acids is 1. The Hall–Kier alpha value is -3.63. The smallest absolute Gasteiger partial charge is 0.256 e. The fourth-order valence-electron chi connectivity index (χ4n) is 4.84.